The molecule has 100 valence electrons. The maximum absolute atomic E-state index is 12.5. The number of hydrogen-bond donors (Lipinski definition) is 1. The third-order valence-electron chi connectivity index (χ3n) is 3.02. The summed E-state index contributed by atoms with van der Waals surface area (Å²) in [4.78, 5) is -0.0753. The van der Waals surface area contributed by atoms with Crippen LogP contribution >= 0.6 is 23.2 Å². The first-order valence-electron chi connectivity index (χ1n) is 5.55. The van der Waals surface area contributed by atoms with E-state index in [0.29, 0.717) is 13.0 Å². The Balaban J connectivity index is 2.49. The van der Waals surface area contributed by atoms with Gasteiger partial charge in [0, 0.05) is 12.6 Å². The second kappa shape index (κ2) is 5.35. The van der Waals surface area contributed by atoms with Crippen molar-refractivity contribution in [3.05, 3.63) is 28.2 Å². The van der Waals surface area contributed by atoms with Crippen molar-refractivity contribution in [1.29, 1.82) is 0 Å². The van der Waals surface area contributed by atoms with E-state index in [0.717, 1.165) is 6.42 Å². The molecule has 7 heteroatoms. The molecule has 1 aliphatic rings. The number of hydrogen-bond acceptors (Lipinski definition) is 3. The van der Waals surface area contributed by atoms with Crippen LogP contribution in [0.3, 0.4) is 0 Å². The second-order valence-corrected chi connectivity index (χ2v) is 6.79. The SMILES string of the molecule is O=S(=O)(c1c(Cl)cccc1Cl)N1CCC[C@@H]1CO. The average molecular weight is 310 g/mol. The quantitative estimate of drug-likeness (QED) is 0.930. The Morgan fingerprint density at radius 2 is 1.94 bits per heavy atom. The first-order chi connectivity index (χ1) is 8.48. The Morgan fingerprint density at radius 1 is 1.33 bits per heavy atom. The number of rotatable bonds is 3. The minimum Gasteiger partial charge on any atom is -0.395 e. The van der Waals surface area contributed by atoms with Gasteiger partial charge in [0.15, 0.2) is 0 Å². The molecular weight excluding hydrogens is 297 g/mol. The molecule has 0 unspecified atom stereocenters. The molecule has 1 atom stereocenters. The van der Waals surface area contributed by atoms with Gasteiger partial charge in [-0.25, -0.2) is 8.42 Å². The molecule has 0 saturated carbocycles. The van der Waals surface area contributed by atoms with Crippen molar-refractivity contribution in [3.63, 3.8) is 0 Å². The van der Waals surface area contributed by atoms with Gasteiger partial charge in [0.05, 0.1) is 16.7 Å². The molecule has 0 aliphatic carbocycles. The van der Waals surface area contributed by atoms with Crippen molar-refractivity contribution in [1.82, 2.24) is 4.31 Å². The second-order valence-electron chi connectivity index (χ2n) is 4.15. The Hall–Kier alpha value is -0.330. The van der Waals surface area contributed by atoms with E-state index in [1.54, 1.807) is 6.07 Å². The molecule has 0 amide bonds. The molecule has 1 aliphatic heterocycles. The van der Waals surface area contributed by atoms with E-state index >= 15 is 0 Å². The van der Waals surface area contributed by atoms with E-state index in [1.165, 1.54) is 16.4 Å². The summed E-state index contributed by atoms with van der Waals surface area (Å²) >= 11 is 11.9. The summed E-state index contributed by atoms with van der Waals surface area (Å²) in [6, 6.07) is 4.19. The van der Waals surface area contributed by atoms with Crippen LogP contribution in [-0.4, -0.2) is 37.0 Å². The third kappa shape index (κ3) is 2.38. The first-order valence-corrected chi connectivity index (χ1v) is 7.75. The normalized spacial score (nSPS) is 21.4. The molecule has 1 fully saturated rings. The summed E-state index contributed by atoms with van der Waals surface area (Å²) in [5.74, 6) is 0. The van der Waals surface area contributed by atoms with Gasteiger partial charge in [-0.1, -0.05) is 29.3 Å². The highest BCUT2D eigenvalue weighted by atomic mass is 35.5. The van der Waals surface area contributed by atoms with Gasteiger partial charge in [0.25, 0.3) is 0 Å². The van der Waals surface area contributed by atoms with Crippen molar-refractivity contribution in [3.8, 4) is 0 Å². The number of aliphatic hydroxyl groups excluding tert-OH is 1. The number of benzene rings is 1. The largest absolute Gasteiger partial charge is 0.395 e. The van der Waals surface area contributed by atoms with Crippen LogP contribution in [0.15, 0.2) is 23.1 Å². The Labute approximate surface area is 116 Å². The van der Waals surface area contributed by atoms with E-state index in [1.807, 2.05) is 0 Å². The summed E-state index contributed by atoms with van der Waals surface area (Å²) in [5.41, 5.74) is 0. The zero-order chi connectivity index (χ0) is 13.3. The van der Waals surface area contributed by atoms with Gasteiger partial charge in [-0.3, -0.25) is 0 Å². The fraction of sp³-hybridized carbons (Fsp3) is 0.455. The van der Waals surface area contributed by atoms with Crippen molar-refractivity contribution >= 4 is 33.2 Å². The molecule has 0 bridgehead atoms. The summed E-state index contributed by atoms with van der Waals surface area (Å²) < 4.78 is 26.3. The van der Waals surface area contributed by atoms with Crippen LogP contribution in [0.1, 0.15) is 12.8 Å². The fourth-order valence-corrected chi connectivity index (χ4v) is 4.93. The van der Waals surface area contributed by atoms with Crippen molar-refractivity contribution in [2.24, 2.45) is 0 Å². The fourth-order valence-electron chi connectivity index (χ4n) is 2.15. The summed E-state index contributed by atoms with van der Waals surface area (Å²) in [7, 11) is -3.75. The van der Waals surface area contributed by atoms with Gasteiger partial charge in [-0.15, -0.1) is 0 Å². The van der Waals surface area contributed by atoms with Gasteiger partial charge in [0.2, 0.25) is 10.0 Å². The van der Waals surface area contributed by atoms with E-state index in [-0.39, 0.29) is 27.6 Å². The van der Waals surface area contributed by atoms with Gasteiger partial charge in [-0.2, -0.15) is 4.31 Å². The van der Waals surface area contributed by atoms with Crippen LogP contribution in [0.2, 0.25) is 10.0 Å². The lowest BCUT2D eigenvalue weighted by Gasteiger charge is -2.23. The van der Waals surface area contributed by atoms with Crippen molar-refractivity contribution in [2.45, 2.75) is 23.8 Å². The lowest BCUT2D eigenvalue weighted by Crippen LogP contribution is -2.37. The highest BCUT2D eigenvalue weighted by Crippen LogP contribution is 2.34. The smallest absolute Gasteiger partial charge is 0.246 e. The zero-order valence-electron chi connectivity index (χ0n) is 9.51. The maximum atomic E-state index is 12.5. The highest BCUT2D eigenvalue weighted by Gasteiger charge is 2.37. The van der Waals surface area contributed by atoms with E-state index < -0.39 is 10.0 Å². The monoisotopic (exact) mass is 309 g/mol. The Morgan fingerprint density at radius 3 is 2.50 bits per heavy atom. The zero-order valence-corrected chi connectivity index (χ0v) is 11.8. The van der Waals surface area contributed by atoms with Crippen LogP contribution in [0.4, 0.5) is 0 Å². The van der Waals surface area contributed by atoms with E-state index in [4.69, 9.17) is 23.2 Å². The Kier molecular flexibility index (Phi) is 4.18. The van der Waals surface area contributed by atoms with Crippen LogP contribution in [-0.2, 0) is 10.0 Å². The first kappa shape index (κ1) is 14.1. The van der Waals surface area contributed by atoms with Gasteiger partial charge in [0.1, 0.15) is 4.90 Å². The van der Waals surface area contributed by atoms with Crippen molar-refractivity contribution < 1.29 is 13.5 Å². The predicted octanol–water partition coefficient (Wildman–Crippen LogP) is 2.14. The molecule has 1 heterocycles. The van der Waals surface area contributed by atoms with Crippen LogP contribution in [0, 0.1) is 0 Å². The number of halogens is 2. The van der Waals surface area contributed by atoms with Gasteiger partial charge in [-0.05, 0) is 25.0 Å². The van der Waals surface area contributed by atoms with E-state index in [9.17, 15) is 13.5 Å². The topological polar surface area (TPSA) is 57.6 Å². The van der Waals surface area contributed by atoms with Crippen molar-refractivity contribution in [2.75, 3.05) is 13.2 Å². The molecule has 1 saturated heterocycles. The Bertz CT molecular complexity index is 527. The molecule has 1 N–H and O–H groups in total. The molecule has 1 aromatic carbocycles. The van der Waals surface area contributed by atoms with E-state index in [2.05, 4.69) is 0 Å². The third-order valence-corrected chi connectivity index (χ3v) is 5.93. The number of sulfonamides is 1. The molecule has 0 radical (unpaired) electrons. The number of nitrogens with zero attached hydrogens (tertiary/aromatic N) is 1. The highest BCUT2D eigenvalue weighted by molar-refractivity contribution is 7.89. The van der Waals surface area contributed by atoms with Crippen LogP contribution in [0.25, 0.3) is 0 Å². The van der Waals surface area contributed by atoms with Crippen LogP contribution < -0.4 is 0 Å². The molecule has 0 aromatic heterocycles. The predicted molar refractivity (Wildman–Crippen MR) is 70.5 cm³/mol. The summed E-state index contributed by atoms with van der Waals surface area (Å²) in [5, 5.41) is 9.42. The van der Waals surface area contributed by atoms with Gasteiger partial charge >= 0.3 is 0 Å². The van der Waals surface area contributed by atoms with Gasteiger partial charge < -0.3 is 5.11 Å². The van der Waals surface area contributed by atoms with Crippen LogP contribution in [0.5, 0.6) is 0 Å². The summed E-state index contributed by atoms with van der Waals surface area (Å²) in [6.45, 7) is 0.191. The average Bonchev–Trinajstić information content (AvgIpc) is 2.77. The molecule has 0 spiro atoms. The molecule has 2 rings (SSSR count). The molecule has 1 aromatic rings. The lowest BCUT2D eigenvalue weighted by atomic mass is 10.2. The lowest BCUT2D eigenvalue weighted by molar-refractivity contribution is 0.213. The molecule has 18 heavy (non-hydrogen) atoms. The molecule has 4 nitrogen and oxygen atoms in total. The minimum absolute atomic E-state index is 0.0753. The number of aliphatic hydroxyl groups is 1. The minimum atomic E-state index is -3.75. The summed E-state index contributed by atoms with van der Waals surface area (Å²) in [6.07, 6.45) is 1.38. The standard InChI is InChI=1S/C11H13Cl2NO3S/c12-9-4-1-5-10(13)11(9)18(16,17)14-6-2-3-8(14)7-15/h1,4-5,8,15H,2-3,6-7H2/t8-/m1/s1. The maximum Gasteiger partial charge on any atom is 0.246 e. The molecular formula is C11H13Cl2NO3S.